The summed E-state index contributed by atoms with van der Waals surface area (Å²) in [6.45, 7) is 0.804. The van der Waals surface area contributed by atoms with Gasteiger partial charge in [-0.1, -0.05) is 146 Å². The fourth-order valence-electron chi connectivity index (χ4n) is 6.31. The third kappa shape index (κ3) is 5.49. The molecular formula is C41H33N5. The second-order valence-corrected chi connectivity index (χ2v) is 11.5. The molecule has 0 fully saturated rings. The van der Waals surface area contributed by atoms with E-state index in [0.717, 1.165) is 34.9 Å². The molecule has 3 N–H and O–H groups in total. The van der Waals surface area contributed by atoms with Crippen molar-refractivity contribution in [2.45, 2.75) is 12.3 Å². The zero-order chi connectivity index (χ0) is 30.7. The Morgan fingerprint density at radius 1 is 0.500 bits per heavy atom. The largest absolute Gasteiger partial charge is 0.366 e. The molecule has 0 amide bonds. The predicted molar refractivity (Wildman–Crippen MR) is 190 cm³/mol. The highest BCUT2D eigenvalue weighted by Gasteiger charge is 2.25. The maximum absolute atomic E-state index is 5.11. The van der Waals surface area contributed by atoms with Crippen molar-refractivity contribution < 1.29 is 0 Å². The first-order valence-corrected chi connectivity index (χ1v) is 15.7. The van der Waals surface area contributed by atoms with Gasteiger partial charge in [-0.2, -0.15) is 0 Å². The molecule has 2 atom stereocenters. The average Bonchev–Trinajstić information content (AvgIpc) is 3.15. The Labute approximate surface area is 269 Å². The van der Waals surface area contributed by atoms with Gasteiger partial charge in [-0.15, -0.1) is 0 Å². The predicted octanol–water partition coefficient (Wildman–Crippen LogP) is 8.37. The van der Waals surface area contributed by atoms with Crippen molar-refractivity contribution in [1.29, 1.82) is 0 Å². The lowest BCUT2D eigenvalue weighted by molar-refractivity contribution is 0.409. The first-order valence-electron chi connectivity index (χ1n) is 15.7. The van der Waals surface area contributed by atoms with E-state index in [-0.39, 0.29) is 12.3 Å². The number of amidine groups is 2. The molecule has 0 radical (unpaired) electrons. The molecule has 2 heterocycles. The van der Waals surface area contributed by atoms with Crippen molar-refractivity contribution in [3.63, 3.8) is 0 Å². The van der Waals surface area contributed by atoms with Crippen LogP contribution in [0.3, 0.4) is 0 Å². The monoisotopic (exact) mass is 595 g/mol. The normalized spacial score (nSPS) is 17.5. The van der Waals surface area contributed by atoms with Crippen LogP contribution in [0.25, 0.3) is 33.0 Å². The topological polar surface area (TPSA) is 60.8 Å². The number of benzene rings is 6. The molecule has 222 valence electrons. The van der Waals surface area contributed by atoms with E-state index < -0.39 is 0 Å². The van der Waals surface area contributed by atoms with E-state index >= 15 is 0 Å². The molecule has 46 heavy (non-hydrogen) atoms. The Bertz CT molecular complexity index is 2080. The smallest absolute Gasteiger partial charge is 0.133 e. The Hall–Kier alpha value is -5.78. The van der Waals surface area contributed by atoms with E-state index in [4.69, 9.17) is 4.99 Å². The fourth-order valence-corrected chi connectivity index (χ4v) is 6.31. The lowest BCUT2D eigenvalue weighted by Crippen LogP contribution is -2.44. The molecule has 0 bridgehead atoms. The Balaban J connectivity index is 1.11. The van der Waals surface area contributed by atoms with Gasteiger partial charge in [0.15, 0.2) is 0 Å². The maximum Gasteiger partial charge on any atom is 0.133 e. The number of hydrogen-bond donors (Lipinski definition) is 3. The van der Waals surface area contributed by atoms with Crippen molar-refractivity contribution in [2.24, 2.45) is 9.98 Å². The van der Waals surface area contributed by atoms with Gasteiger partial charge in [0, 0.05) is 23.9 Å². The van der Waals surface area contributed by atoms with Crippen molar-refractivity contribution in [1.82, 2.24) is 16.0 Å². The van der Waals surface area contributed by atoms with Crippen LogP contribution >= 0.6 is 0 Å². The summed E-state index contributed by atoms with van der Waals surface area (Å²) in [4.78, 5) is 9.59. The average molecular weight is 596 g/mol. The van der Waals surface area contributed by atoms with Gasteiger partial charge in [-0.05, 0) is 50.2 Å². The van der Waals surface area contributed by atoms with Crippen molar-refractivity contribution in [3.05, 3.63) is 180 Å². The summed E-state index contributed by atoms with van der Waals surface area (Å²) in [5, 5.41) is 13.1. The summed E-state index contributed by atoms with van der Waals surface area (Å²) < 4.78 is 0. The second-order valence-electron chi connectivity index (χ2n) is 11.5. The van der Waals surface area contributed by atoms with Gasteiger partial charge in [0.25, 0.3) is 0 Å². The summed E-state index contributed by atoms with van der Waals surface area (Å²) >= 11 is 0. The molecule has 5 nitrogen and oxygen atoms in total. The second kappa shape index (κ2) is 12.3. The summed E-state index contributed by atoms with van der Waals surface area (Å²) in [6, 6.07) is 51.5. The van der Waals surface area contributed by atoms with E-state index in [0.29, 0.717) is 0 Å². The van der Waals surface area contributed by atoms with E-state index in [1.807, 2.05) is 24.4 Å². The molecule has 0 aliphatic carbocycles. The molecular weight excluding hydrogens is 562 g/mol. The van der Waals surface area contributed by atoms with Crippen LogP contribution < -0.4 is 16.0 Å². The molecule has 2 aliphatic rings. The summed E-state index contributed by atoms with van der Waals surface area (Å²) in [5.74, 6) is 1.80. The number of hydrogen-bond acceptors (Lipinski definition) is 5. The summed E-state index contributed by atoms with van der Waals surface area (Å²) in [5.41, 5.74) is 9.25. The highest BCUT2D eigenvalue weighted by Crippen LogP contribution is 2.36. The van der Waals surface area contributed by atoms with Gasteiger partial charge in [0.1, 0.15) is 24.0 Å². The molecule has 8 rings (SSSR count). The van der Waals surface area contributed by atoms with E-state index in [1.54, 1.807) is 0 Å². The van der Waals surface area contributed by atoms with Crippen LogP contribution in [0.15, 0.2) is 168 Å². The Morgan fingerprint density at radius 3 is 1.72 bits per heavy atom. The minimum atomic E-state index is -0.191. The number of fused-ring (bicyclic) bond motifs is 1. The lowest BCUT2D eigenvalue weighted by Gasteiger charge is -2.32. The van der Waals surface area contributed by atoms with Crippen LogP contribution in [0.2, 0.25) is 0 Å². The highest BCUT2D eigenvalue weighted by molar-refractivity contribution is 6.05. The molecule has 6 aromatic rings. The van der Waals surface area contributed by atoms with Gasteiger partial charge in [-0.3, -0.25) is 5.32 Å². The summed E-state index contributed by atoms with van der Waals surface area (Å²) in [7, 11) is 0. The highest BCUT2D eigenvalue weighted by atomic mass is 15.3. The van der Waals surface area contributed by atoms with Crippen LogP contribution in [0, 0.1) is 0 Å². The third-order valence-corrected chi connectivity index (χ3v) is 8.67. The molecule has 0 saturated heterocycles. The minimum absolute atomic E-state index is 0.0621. The molecule has 5 heteroatoms. The van der Waals surface area contributed by atoms with Crippen molar-refractivity contribution >= 4 is 22.4 Å². The number of nitrogens with zero attached hydrogens (tertiary/aromatic N) is 2. The van der Waals surface area contributed by atoms with Gasteiger partial charge in [0.2, 0.25) is 0 Å². The minimum Gasteiger partial charge on any atom is -0.366 e. The van der Waals surface area contributed by atoms with Crippen LogP contribution in [0.1, 0.15) is 34.6 Å². The molecule has 0 spiro atoms. The molecule has 6 aromatic carbocycles. The lowest BCUT2D eigenvalue weighted by atomic mass is 9.92. The fraction of sp³-hybridized carbons (Fsp3) is 0.0732. The van der Waals surface area contributed by atoms with E-state index in [9.17, 15) is 0 Å². The zero-order valence-electron chi connectivity index (χ0n) is 25.3. The Morgan fingerprint density at radius 2 is 1.09 bits per heavy atom. The van der Waals surface area contributed by atoms with Crippen LogP contribution in [-0.2, 0) is 0 Å². The first kappa shape index (κ1) is 27.7. The van der Waals surface area contributed by atoms with Crippen molar-refractivity contribution in [3.8, 4) is 22.3 Å². The molecule has 2 aliphatic heterocycles. The number of aliphatic imine (C=N–C) groups is 2. The van der Waals surface area contributed by atoms with Gasteiger partial charge < -0.3 is 10.6 Å². The molecule has 0 saturated carbocycles. The van der Waals surface area contributed by atoms with Crippen LogP contribution in [0.5, 0.6) is 0 Å². The molecule has 2 unspecified atom stereocenters. The van der Waals surface area contributed by atoms with E-state index in [1.165, 1.54) is 38.6 Å². The Kier molecular flexibility index (Phi) is 7.43. The first-order chi connectivity index (χ1) is 22.8. The quantitative estimate of drug-likeness (QED) is 0.181. The SMILES string of the molecule is C1=CN=C(c2ccc(-c3cccc4c(-c5ccc(C6N=C(c7ccccc7)NC(c7ccccc7)N6)cc5)cccc34)cc2)NC1. The zero-order valence-corrected chi connectivity index (χ0v) is 25.3. The summed E-state index contributed by atoms with van der Waals surface area (Å²) in [6.07, 6.45) is 3.62. The standard InChI is InChI=1S/C41H33N5/c1-3-10-30(11-4-1)39-44-40(31-12-5-2-6-13-31)46-41(45-39)33-24-20-29(21-25-33)35-15-8-16-36-34(14-7-17-37(35)36)28-18-22-32(23-19-28)38-42-26-9-27-43-38/h1-26,39,41,45H,27H2,(H,42,43)(H,44,46). The van der Waals surface area contributed by atoms with Crippen molar-refractivity contribution in [2.75, 3.05) is 6.54 Å². The van der Waals surface area contributed by atoms with Gasteiger partial charge in [-0.25, -0.2) is 9.98 Å². The van der Waals surface area contributed by atoms with Crippen LogP contribution in [0.4, 0.5) is 0 Å². The molecule has 0 aromatic heterocycles. The third-order valence-electron chi connectivity index (χ3n) is 8.67. The van der Waals surface area contributed by atoms with Gasteiger partial charge in [0.05, 0.1) is 0 Å². The number of rotatable bonds is 6. The van der Waals surface area contributed by atoms with Crippen LogP contribution in [-0.4, -0.2) is 18.2 Å². The maximum atomic E-state index is 5.11. The number of nitrogens with one attached hydrogen (secondary N) is 3. The van der Waals surface area contributed by atoms with Gasteiger partial charge >= 0.3 is 0 Å². The van der Waals surface area contributed by atoms with E-state index in [2.05, 4.69) is 154 Å².